The molecule has 6 heteroatoms. The number of hydrogen-bond donors (Lipinski definition) is 2. The van der Waals surface area contributed by atoms with Gasteiger partial charge >= 0.3 is 5.97 Å². The van der Waals surface area contributed by atoms with Gasteiger partial charge in [0.2, 0.25) is 0 Å². The lowest BCUT2D eigenvalue weighted by atomic mass is 10.0. The first-order valence-electron chi connectivity index (χ1n) is 7.16. The predicted molar refractivity (Wildman–Crippen MR) is 81.7 cm³/mol. The molecular formula is C14H29NO4S. The summed E-state index contributed by atoms with van der Waals surface area (Å²) >= 11 is 0. The lowest BCUT2D eigenvalue weighted by molar-refractivity contribution is -0.141. The van der Waals surface area contributed by atoms with Gasteiger partial charge in [-0.1, -0.05) is 13.3 Å². The summed E-state index contributed by atoms with van der Waals surface area (Å²) in [5.41, 5.74) is 0. The molecule has 0 rings (SSSR count). The fraction of sp³-hybridized carbons (Fsp3) is 0.929. The van der Waals surface area contributed by atoms with E-state index in [2.05, 4.69) is 5.32 Å². The molecule has 0 aliphatic heterocycles. The van der Waals surface area contributed by atoms with Crippen molar-refractivity contribution in [1.82, 2.24) is 5.32 Å². The van der Waals surface area contributed by atoms with Gasteiger partial charge < -0.3 is 10.4 Å². The van der Waals surface area contributed by atoms with E-state index in [0.29, 0.717) is 13.0 Å². The zero-order valence-corrected chi connectivity index (χ0v) is 14.1. The third-order valence-corrected chi connectivity index (χ3v) is 6.10. The van der Waals surface area contributed by atoms with Crippen LogP contribution in [0.25, 0.3) is 0 Å². The Bertz CT molecular complexity index is 398. The zero-order chi connectivity index (χ0) is 16.0. The van der Waals surface area contributed by atoms with Crippen molar-refractivity contribution in [1.29, 1.82) is 0 Å². The van der Waals surface area contributed by atoms with Crippen LogP contribution in [0, 0.1) is 5.92 Å². The van der Waals surface area contributed by atoms with E-state index < -0.39 is 20.6 Å². The molecule has 120 valence electrons. The second kappa shape index (κ2) is 7.98. The van der Waals surface area contributed by atoms with Crippen LogP contribution >= 0.6 is 0 Å². The third kappa shape index (κ3) is 7.24. The maximum atomic E-state index is 11.9. The normalized spacial score (nSPS) is 15.8. The Hall–Kier alpha value is -0.620. The largest absolute Gasteiger partial charge is 0.481 e. The summed E-state index contributed by atoms with van der Waals surface area (Å²) in [6, 6.07) is 0.200. The Kier molecular flexibility index (Phi) is 7.73. The van der Waals surface area contributed by atoms with E-state index >= 15 is 0 Å². The minimum atomic E-state index is -3.08. The highest BCUT2D eigenvalue weighted by Gasteiger charge is 2.28. The van der Waals surface area contributed by atoms with Crippen LogP contribution in [-0.2, 0) is 14.6 Å². The van der Waals surface area contributed by atoms with Crippen LogP contribution in [-0.4, -0.2) is 42.6 Å². The Morgan fingerprint density at radius 2 is 1.75 bits per heavy atom. The number of rotatable bonds is 9. The summed E-state index contributed by atoms with van der Waals surface area (Å²) in [4.78, 5) is 10.7. The van der Waals surface area contributed by atoms with Gasteiger partial charge in [-0.05, 0) is 40.5 Å². The molecule has 20 heavy (non-hydrogen) atoms. The first-order chi connectivity index (χ1) is 8.97. The molecule has 0 heterocycles. The van der Waals surface area contributed by atoms with Crippen LogP contribution in [0.2, 0.25) is 0 Å². The average molecular weight is 307 g/mol. The van der Waals surface area contributed by atoms with Crippen LogP contribution in [0.4, 0.5) is 0 Å². The number of aliphatic carboxylic acids is 1. The van der Waals surface area contributed by atoms with Crippen LogP contribution in [0.15, 0.2) is 0 Å². The van der Waals surface area contributed by atoms with Crippen molar-refractivity contribution in [2.24, 2.45) is 5.92 Å². The van der Waals surface area contributed by atoms with Crippen molar-refractivity contribution < 1.29 is 18.3 Å². The van der Waals surface area contributed by atoms with E-state index in [1.807, 2.05) is 6.92 Å². The van der Waals surface area contributed by atoms with E-state index in [9.17, 15) is 13.2 Å². The second-order valence-corrected chi connectivity index (χ2v) is 9.32. The molecule has 0 radical (unpaired) electrons. The molecule has 0 aromatic heterocycles. The van der Waals surface area contributed by atoms with Gasteiger partial charge in [0.05, 0.1) is 16.4 Å². The zero-order valence-electron chi connectivity index (χ0n) is 13.3. The van der Waals surface area contributed by atoms with E-state index in [-0.39, 0.29) is 17.7 Å². The van der Waals surface area contributed by atoms with Crippen molar-refractivity contribution in [3.05, 3.63) is 0 Å². The molecule has 0 aliphatic carbocycles. The number of nitrogens with one attached hydrogen (secondary N) is 1. The first kappa shape index (κ1) is 19.4. The van der Waals surface area contributed by atoms with Gasteiger partial charge in [-0.15, -0.1) is 0 Å². The predicted octanol–water partition coefficient (Wildman–Crippen LogP) is 2.07. The lowest BCUT2D eigenvalue weighted by Gasteiger charge is -2.20. The first-order valence-corrected chi connectivity index (χ1v) is 8.81. The van der Waals surface area contributed by atoms with E-state index in [1.165, 1.54) is 0 Å². The van der Waals surface area contributed by atoms with Crippen molar-refractivity contribution in [2.75, 3.05) is 12.3 Å². The molecule has 0 spiro atoms. The Morgan fingerprint density at radius 1 is 1.20 bits per heavy atom. The molecule has 0 bridgehead atoms. The average Bonchev–Trinajstić information content (AvgIpc) is 2.26. The van der Waals surface area contributed by atoms with Crippen LogP contribution in [0.3, 0.4) is 0 Å². The van der Waals surface area contributed by atoms with Gasteiger partial charge in [-0.2, -0.15) is 0 Å². The van der Waals surface area contributed by atoms with Crippen molar-refractivity contribution in [2.45, 2.75) is 64.7 Å². The SMILES string of the molecule is CC(CCCC(C)C(=O)O)NCCS(=O)(=O)C(C)(C)C. The van der Waals surface area contributed by atoms with Crippen molar-refractivity contribution in [3.8, 4) is 0 Å². The molecule has 0 aromatic carbocycles. The summed E-state index contributed by atoms with van der Waals surface area (Å²) in [6.45, 7) is 9.26. The fourth-order valence-corrected chi connectivity index (χ4v) is 2.70. The van der Waals surface area contributed by atoms with Crippen molar-refractivity contribution in [3.63, 3.8) is 0 Å². The lowest BCUT2D eigenvalue weighted by Crippen LogP contribution is -2.37. The topological polar surface area (TPSA) is 83.5 Å². The molecule has 2 atom stereocenters. The molecular weight excluding hydrogens is 278 g/mol. The molecule has 0 saturated carbocycles. The summed E-state index contributed by atoms with van der Waals surface area (Å²) in [6.07, 6.45) is 2.34. The van der Waals surface area contributed by atoms with Gasteiger partial charge in [0.1, 0.15) is 0 Å². The molecule has 2 unspecified atom stereocenters. The van der Waals surface area contributed by atoms with E-state index in [4.69, 9.17) is 5.11 Å². The minimum Gasteiger partial charge on any atom is -0.481 e. The number of carboxylic acids is 1. The van der Waals surface area contributed by atoms with Gasteiger partial charge in [0, 0.05) is 12.6 Å². The summed E-state index contributed by atoms with van der Waals surface area (Å²) in [5, 5.41) is 12.0. The number of carbonyl (C=O) groups is 1. The maximum absolute atomic E-state index is 11.9. The molecule has 0 fully saturated rings. The Balaban J connectivity index is 3.91. The quantitative estimate of drug-likeness (QED) is 0.681. The standard InChI is InChI=1S/C14H29NO4S/c1-11(13(16)17)7-6-8-12(2)15-9-10-20(18,19)14(3,4)5/h11-12,15H,6-10H2,1-5H3,(H,16,17). The smallest absolute Gasteiger partial charge is 0.306 e. The van der Waals surface area contributed by atoms with Crippen molar-refractivity contribution >= 4 is 15.8 Å². The molecule has 0 aromatic rings. The van der Waals surface area contributed by atoms with E-state index in [0.717, 1.165) is 12.8 Å². The Morgan fingerprint density at radius 3 is 2.20 bits per heavy atom. The monoisotopic (exact) mass is 307 g/mol. The number of sulfone groups is 1. The molecule has 0 saturated heterocycles. The highest BCUT2D eigenvalue weighted by Crippen LogP contribution is 2.15. The maximum Gasteiger partial charge on any atom is 0.306 e. The summed E-state index contributed by atoms with van der Waals surface area (Å²) in [7, 11) is -3.08. The number of carboxylic acid groups (broad SMARTS) is 1. The summed E-state index contributed by atoms with van der Waals surface area (Å²) in [5.74, 6) is -0.947. The minimum absolute atomic E-state index is 0.131. The number of hydrogen-bond acceptors (Lipinski definition) is 4. The third-order valence-electron chi connectivity index (χ3n) is 3.49. The van der Waals surface area contributed by atoms with Crippen LogP contribution < -0.4 is 5.32 Å². The highest BCUT2D eigenvalue weighted by atomic mass is 32.2. The van der Waals surface area contributed by atoms with Gasteiger partial charge in [-0.3, -0.25) is 4.79 Å². The van der Waals surface area contributed by atoms with Gasteiger partial charge in [0.25, 0.3) is 0 Å². The fourth-order valence-electron chi connectivity index (χ4n) is 1.70. The van der Waals surface area contributed by atoms with Crippen LogP contribution in [0.1, 0.15) is 53.9 Å². The van der Waals surface area contributed by atoms with Crippen LogP contribution in [0.5, 0.6) is 0 Å². The molecule has 0 amide bonds. The highest BCUT2D eigenvalue weighted by molar-refractivity contribution is 7.92. The molecule has 5 nitrogen and oxygen atoms in total. The Labute approximate surface area is 123 Å². The van der Waals surface area contributed by atoms with E-state index in [1.54, 1.807) is 27.7 Å². The molecule has 2 N–H and O–H groups in total. The van der Waals surface area contributed by atoms with Gasteiger partial charge in [-0.25, -0.2) is 8.42 Å². The summed E-state index contributed by atoms with van der Waals surface area (Å²) < 4.78 is 23.1. The second-order valence-electron chi connectivity index (χ2n) is 6.46. The van der Waals surface area contributed by atoms with Gasteiger partial charge in [0.15, 0.2) is 9.84 Å². The molecule has 0 aliphatic rings.